The lowest BCUT2D eigenvalue weighted by molar-refractivity contribution is -0.384. The van der Waals surface area contributed by atoms with Crippen LogP contribution in [0.2, 0.25) is 0 Å². The average Bonchev–Trinajstić information content (AvgIpc) is 2.34. The molecule has 0 saturated heterocycles. The topological polar surface area (TPSA) is 55.6 Å². The van der Waals surface area contributed by atoms with Gasteiger partial charge in [0.05, 0.1) is 11.5 Å². The number of nitro benzene ring substituents is 1. The Hall–Kier alpha value is -1.46. The Kier molecular flexibility index (Phi) is 5.92. The van der Waals surface area contributed by atoms with Gasteiger partial charge < -0.3 is 0 Å². The number of benzene rings is 1. The third kappa shape index (κ3) is 4.96. The molecule has 19 heavy (non-hydrogen) atoms. The van der Waals surface area contributed by atoms with Crippen molar-refractivity contribution in [3.05, 3.63) is 39.9 Å². The van der Waals surface area contributed by atoms with E-state index >= 15 is 0 Å². The van der Waals surface area contributed by atoms with Crippen LogP contribution < -0.4 is 0 Å². The van der Waals surface area contributed by atoms with Crippen LogP contribution in [0.4, 0.5) is 5.69 Å². The normalized spacial score (nSPS) is 11.5. The molecule has 0 aliphatic carbocycles. The van der Waals surface area contributed by atoms with Gasteiger partial charge >= 0.3 is 0 Å². The monoisotopic (exact) mass is 266 g/mol. The Bertz CT molecular complexity index is 394. The number of nitro groups is 1. The number of non-ortho nitro benzene ring substituents is 1. The van der Waals surface area contributed by atoms with Crippen molar-refractivity contribution >= 4 is 5.69 Å². The first kappa shape index (κ1) is 15.6. The molecule has 5 nitrogen and oxygen atoms in total. The van der Waals surface area contributed by atoms with Gasteiger partial charge in [0.25, 0.3) is 5.69 Å². The van der Waals surface area contributed by atoms with Crippen molar-refractivity contribution in [2.24, 2.45) is 0 Å². The highest BCUT2D eigenvalue weighted by atomic mass is 16.7. The number of hydrogen-bond acceptors (Lipinski definition) is 4. The summed E-state index contributed by atoms with van der Waals surface area (Å²) in [5, 5.41) is 12.5. The number of hydroxylamine groups is 2. The molecule has 0 heterocycles. The maximum absolute atomic E-state index is 10.5. The van der Waals surface area contributed by atoms with Crippen molar-refractivity contribution in [3.63, 3.8) is 0 Å². The first-order valence-electron chi connectivity index (χ1n) is 6.56. The predicted molar refractivity (Wildman–Crippen MR) is 74.9 cm³/mol. The zero-order chi connectivity index (χ0) is 14.4. The van der Waals surface area contributed by atoms with Crippen LogP contribution in [-0.2, 0) is 11.3 Å². The molecule has 1 rings (SSSR count). The summed E-state index contributed by atoms with van der Waals surface area (Å²) in [4.78, 5) is 15.9. The smallest absolute Gasteiger partial charge is 0.269 e. The molecule has 0 aromatic heterocycles. The Morgan fingerprint density at radius 1 is 1.16 bits per heavy atom. The third-order valence-corrected chi connectivity index (χ3v) is 2.80. The molecule has 0 aliphatic rings. The van der Waals surface area contributed by atoms with Crippen molar-refractivity contribution in [2.75, 3.05) is 6.61 Å². The fourth-order valence-electron chi connectivity index (χ4n) is 1.95. The molecule has 0 fully saturated rings. The lowest BCUT2D eigenvalue weighted by atomic mass is 10.1. The number of rotatable bonds is 7. The van der Waals surface area contributed by atoms with E-state index in [1.165, 1.54) is 12.1 Å². The number of nitrogens with zero attached hydrogens (tertiary/aromatic N) is 2. The second-order valence-corrected chi connectivity index (χ2v) is 5.05. The Morgan fingerprint density at radius 2 is 1.68 bits per heavy atom. The van der Waals surface area contributed by atoms with Gasteiger partial charge in [0.1, 0.15) is 0 Å². The van der Waals surface area contributed by atoms with Crippen LogP contribution in [0, 0.1) is 10.1 Å². The molecule has 0 amide bonds. The van der Waals surface area contributed by atoms with Crippen LogP contribution >= 0.6 is 0 Å². The van der Waals surface area contributed by atoms with Gasteiger partial charge in [0, 0.05) is 24.2 Å². The van der Waals surface area contributed by atoms with Gasteiger partial charge in [-0.25, -0.2) is 0 Å². The highest BCUT2D eigenvalue weighted by molar-refractivity contribution is 5.32. The van der Waals surface area contributed by atoms with Crippen LogP contribution in [0.25, 0.3) is 0 Å². The molecule has 0 N–H and O–H groups in total. The van der Waals surface area contributed by atoms with E-state index in [4.69, 9.17) is 4.84 Å². The van der Waals surface area contributed by atoms with E-state index in [-0.39, 0.29) is 10.6 Å². The molecule has 0 bridgehead atoms. The molecule has 1 aromatic carbocycles. The van der Waals surface area contributed by atoms with Gasteiger partial charge in [-0.15, -0.1) is 0 Å². The first-order valence-corrected chi connectivity index (χ1v) is 6.56. The van der Waals surface area contributed by atoms with Crippen LogP contribution in [0.15, 0.2) is 24.3 Å². The third-order valence-electron chi connectivity index (χ3n) is 2.80. The molecular formula is C14H22N2O3. The fourth-order valence-corrected chi connectivity index (χ4v) is 1.95. The van der Waals surface area contributed by atoms with Crippen molar-refractivity contribution in [1.82, 2.24) is 5.06 Å². The lowest BCUT2D eigenvalue weighted by Gasteiger charge is -2.29. The van der Waals surface area contributed by atoms with E-state index in [0.717, 1.165) is 12.0 Å². The van der Waals surface area contributed by atoms with Gasteiger partial charge in [-0.1, -0.05) is 12.1 Å². The van der Waals surface area contributed by atoms with Crippen LogP contribution in [0.3, 0.4) is 0 Å². The molecule has 0 unspecified atom stereocenters. The SMILES string of the molecule is CC(C)N(OCCc1ccc([N+](=O)[O-])cc1)C(C)C. The van der Waals surface area contributed by atoms with Gasteiger partial charge in [-0.2, -0.15) is 5.06 Å². The van der Waals surface area contributed by atoms with Crippen LogP contribution in [0.1, 0.15) is 33.3 Å². The molecule has 0 aliphatic heterocycles. The summed E-state index contributed by atoms with van der Waals surface area (Å²) in [5.74, 6) is 0. The lowest BCUT2D eigenvalue weighted by Crippen LogP contribution is -2.37. The summed E-state index contributed by atoms with van der Waals surface area (Å²) in [6.07, 6.45) is 0.744. The molecule has 0 radical (unpaired) electrons. The van der Waals surface area contributed by atoms with E-state index in [9.17, 15) is 10.1 Å². The highest BCUT2D eigenvalue weighted by Crippen LogP contribution is 2.13. The Morgan fingerprint density at radius 3 is 2.11 bits per heavy atom. The second-order valence-electron chi connectivity index (χ2n) is 5.05. The summed E-state index contributed by atoms with van der Waals surface area (Å²) >= 11 is 0. The van der Waals surface area contributed by atoms with Gasteiger partial charge in [0.2, 0.25) is 0 Å². The summed E-state index contributed by atoms with van der Waals surface area (Å²) in [6.45, 7) is 8.93. The van der Waals surface area contributed by atoms with Crippen molar-refractivity contribution in [1.29, 1.82) is 0 Å². The Labute approximate surface area is 114 Å². The highest BCUT2D eigenvalue weighted by Gasteiger charge is 2.13. The molecule has 1 aromatic rings. The first-order chi connectivity index (χ1) is 8.91. The molecule has 0 atom stereocenters. The minimum Gasteiger partial charge on any atom is -0.298 e. The zero-order valence-electron chi connectivity index (χ0n) is 12.0. The van der Waals surface area contributed by atoms with E-state index in [0.29, 0.717) is 18.7 Å². The van der Waals surface area contributed by atoms with E-state index in [1.54, 1.807) is 12.1 Å². The fraction of sp³-hybridized carbons (Fsp3) is 0.571. The maximum atomic E-state index is 10.5. The van der Waals surface area contributed by atoms with Crippen molar-refractivity contribution in [3.8, 4) is 0 Å². The van der Waals surface area contributed by atoms with Gasteiger partial charge in [-0.3, -0.25) is 15.0 Å². The quantitative estimate of drug-likeness (QED) is 0.562. The van der Waals surface area contributed by atoms with Crippen molar-refractivity contribution < 1.29 is 9.76 Å². The molecule has 0 spiro atoms. The minimum atomic E-state index is -0.389. The molecular weight excluding hydrogens is 244 g/mol. The summed E-state index contributed by atoms with van der Waals surface area (Å²) in [7, 11) is 0. The van der Waals surface area contributed by atoms with Gasteiger partial charge in [0.15, 0.2) is 0 Å². The van der Waals surface area contributed by atoms with Crippen LogP contribution in [-0.4, -0.2) is 28.7 Å². The average molecular weight is 266 g/mol. The van der Waals surface area contributed by atoms with E-state index in [2.05, 4.69) is 27.7 Å². The Balaban J connectivity index is 2.46. The van der Waals surface area contributed by atoms with Gasteiger partial charge in [-0.05, 0) is 39.7 Å². The summed E-state index contributed by atoms with van der Waals surface area (Å²) in [5.41, 5.74) is 1.16. The number of hydrogen-bond donors (Lipinski definition) is 0. The standard InChI is InChI=1S/C14H22N2O3/c1-11(2)15(12(3)4)19-10-9-13-5-7-14(8-6-13)16(17)18/h5-8,11-12H,9-10H2,1-4H3. The minimum absolute atomic E-state index is 0.121. The zero-order valence-corrected chi connectivity index (χ0v) is 12.0. The summed E-state index contributed by atoms with van der Waals surface area (Å²) in [6, 6.07) is 7.26. The van der Waals surface area contributed by atoms with Crippen molar-refractivity contribution in [2.45, 2.75) is 46.2 Å². The maximum Gasteiger partial charge on any atom is 0.269 e. The second kappa shape index (κ2) is 7.21. The van der Waals surface area contributed by atoms with E-state index in [1.807, 2.05) is 5.06 Å². The molecule has 5 heteroatoms. The molecule has 0 saturated carbocycles. The largest absolute Gasteiger partial charge is 0.298 e. The van der Waals surface area contributed by atoms with Crippen LogP contribution in [0.5, 0.6) is 0 Å². The summed E-state index contributed by atoms with van der Waals surface area (Å²) < 4.78 is 0. The predicted octanol–water partition coefficient (Wildman–Crippen LogP) is 3.19. The molecule has 106 valence electrons. The van der Waals surface area contributed by atoms with E-state index < -0.39 is 0 Å².